The summed E-state index contributed by atoms with van der Waals surface area (Å²) < 4.78 is 18.0. The number of fused-ring (bicyclic) bond motifs is 1. The first-order valence-electron chi connectivity index (χ1n) is 6.85. The van der Waals surface area contributed by atoms with Gasteiger partial charge in [-0.05, 0) is 31.0 Å². The van der Waals surface area contributed by atoms with Crippen LogP contribution in [-0.2, 0) is 19.5 Å². The molecular formula is C15H16FN3O2. The number of halogens is 1. The highest BCUT2D eigenvalue weighted by Gasteiger charge is 2.25. The maximum atomic E-state index is 12.8. The van der Waals surface area contributed by atoms with E-state index in [-0.39, 0.29) is 11.8 Å². The minimum absolute atomic E-state index is 0.154. The lowest BCUT2D eigenvalue weighted by molar-refractivity contribution is 0.183. The summed E-state index contributed by atoms with van der Waals surface area (Å²) in [6.45, 7) is 3.36. The third-order valence-electron chi connectivity index (χ3n) is 3.68. The van der Waals surface area contributed by atoms with E-state index in [0.717, 1.165) is 29.0 Å². The van der Waals surface area contributed by atoms with E-state index < -0.39 is 0 Å². The van der Waals surface area contributed by atoms with Crippen LogP contribution in [0.5, 0.6) is 0 Å². The van der Waals surface area contributed by atoms with Crippen molar-refractivity contribution in [3.8, 4) is 0 Å². The van der Waals surface area contributed by atoms with Gasteiger partial charge in [0.15, 0.2) is 5.76 Å². The van der Waals surface area contributed by atoms with Gasteiger partial charge >= 0.3 is 6.03 Å². The predicted molar refractivity (Wildman–Crippen MR) is 74.0 cm³/mol. The molecule has 2 heterocycles. The van der Waals surface area contributed by atoms with Crippen molar-refractivity contribution in [2.45, 2.75) is 26.4 Å². The normalized spacial score (nSPS) is 13.9. The molecule has 0 spiro atoms. The van der Waals surface area contributed by atoms with Crippen molar-refractivity contribution in [1.29, 1.82) is 0 Å². The molecular weight excluding hydrogens is 273 g/mol. The zero-order valence-electron chi connectivity index (χ0n) is 11.7. The lowest BCUT2D eigenvalue weighted by Crippen LogP contribution is -2.42. The summed E-state index contributed by atoms with van der Waals surface area (Å²) in [5.74, 6) is 0.477. The minimum Gasteiger partial charge on any atom is -0.359 e. The van der Waals surface area contributed by atoms with Gasteiger partial charge in [-0.15, -0.1) is 0 Å². The summed E-state index contributed by atoms with van der Waals surface area (Å²) in [6.07, 6.45) is 0.759. The summed E-state index contributed by atoms with van der Waals surface area (Å²) in [4.78, 5) is 13.8. The Labute approximate surface area is 121 Å². The number of carbonyl (C=O) groups is 1. The molecule has 3 rings (SSSR count). The van der Waals surface area contributed by atoms with Crippen molar-refractivity contribution in [3.63, 3.8) is 0 Å². The second kappa shape index (κ2) is 5.55. The Morgan fingerprint density at radius 2 is 2.19 bits per heavy atom. The molecule has 0 bridgehead atoms. The van der Waals surface area contributed by atoms with E-state index in [9.17, 15) is 9.18 Å². The molecule has 0 saturated heterocycles. The Bertz CT molecular complexity index is 651. The topological polar surface area (TPSA) is 58.4 Å². The highest BCUT2D eigenvalue weighted by Crippen LogP contribution is 2.21. The van der Waals surface area contributed by atoms with Crippen molar-refractivity contribution in [2.24, 2.45) is 0 Å². The van der Waals surface area contributed by atoms with Gasteiger partial charge in [-0.25, -0.2) is 9.18 Å². The maximum Gasteiger partial charge on any atom is 0.318 e. The van der Waals surface area contributed by atoms with Crippen LogP contribution < -0.4 is 5.32 Å². The van der Waals surface area contributed by atoms with Crippen LogP contribution in [0.25, 0.3) is 0 Å². The zero-order chi connectivity index (χ0) is 14.8. The molecule has 1 aliphatic heterocycles. The van der Waals surface area contributed by atoms with Crippen LogP contribution in [0.2, 0.25) is 0 Å². The number of benzene rings is 1. The summed E-state index contributed by atoms with van der Waals surface area (Å²) in [5.41, 5.74) is 2.87. The van der Waals surface area contributed by atoms with Gasteiger partial charge in [0.05, 0.1) is 12.2 Å². The molecule has 1 aromatic carbocycles. The van der Waals surface area contributed by atoms with Gasteiger partial charge < -0.3 is 14.7 Å². The van der Waals surface area contributed by atoms with Crippen LogP contribution in [0.1, 0.15) is 22.6 Å². The van der Waals surface area contributed by atoms with Gasteiger partial charge in [-0.3, -0.25) is 0 Å². The molecule has 6 heteroatoms. The number of carbonyl (C=O) groups excluding carboxylic acids is 1. The van der Waals surface area contributed by atoms with E-state index in [0.29, 0.717) is 19.6 Å². The molecule has 5 nitrogen and oxygen atoms in total. The van der Waals surface area contributed by atoms with Crippen LogP contribution in [-0.4, -0.2) is 22.6 Å². The number of hydrogen-bond acceptors (Lipinski definition) is 3. The molecule has 1 N–H and O–H groups in total. The quantitative estimate of drug-likeness (QED) is 0.923. The van der Waals surface area contributed by atoms with Crippen molar-refractivity contribution >= 4 is 6.03 Å². The van der Waals surface area contributed by atoms with E-state index in [4.69, 9.17) is 4.52 Å². The van der Waals surface area contributed by atoms with Gasteiger partial charge in [0.1, 0.15) is 5.82 Å². The molecule has 0 unspecified atom stereocenters. The first-order chi connectivity index (χ1) is 10.1. The van der Waals surface area contributed by atoms with Crippen molar-refractivity contribution in [2.75, 3.05) is 6.54 Å². The first-order valence-corrected chi connectivity index (χ1v) is 6.85. The van der Waals surface area contributed by atoms with E-state index in [2.05, 4.69) is 10.5 Å². The summed E-state index contributed by atoms with van der Waals surface area (Å²) in [5, 5.41) is 6.75. The first kappa shape index (κ1) is 13.6. The number of aromatic nitrogens is 1. The van der Waals surface area contributed by atoms with E-state index >= 15 is 0 Å². The number of aryl methyl sites for hydroxylation is 1. The SMILES string of the molecule is Cc1noc2c1CCN(C(=O)NCc1ccc(F)cc1)C2. The second-order valence-corrected chi connectivity index (χ2v) is 5.13. The van der Waals surface area contributed by atoms with E-state index in [1.54, 1.807) is 17.0 Å². The Kier molecular flexibility index (Phi) is 3.60. The highest BCUT2D eigenvalue weighted by molar-refractivity contribution is 5.74. The molecule has 0 radical (unpaired) electrons. The van der Waals surface area contributed by atoms with Crippen LogP contribution in [0.3, 0.4) is 0 Å². The molecule has 2 aromatic rings. The summed E-state index contributed by atoms with van der Waals surface area (Å²) >= 11 is 0. The van der Waals surface area contributed by atoms with Gasteiger partial charge in [0.2, 0.25) is 0 Å². The average molecular weight is 289 g/mol. The van der Waals surface area contributed by atoms with Gasteiger partial charge in [-0.1, -0.05) is 17.3 Å². The van der Waals surface area contributed by atoms with Crippen molar-refractivity contribution in [3.05, 3.63) is 52.7 Å². The summed E-state index contributed by atoms with van der Waals surface area (Å²) in [7, 11) is 0. The lowest BCUT2D eigenvalue weighted by atomic mass is 10.1. The van der Waals surface area contributed by atoms with Crippen molar-refractivity contribution < 1.29 is 13.7 Å². The molecule has 2 amide bonds. The number of nitrogens with zero attached hydrogens (tertiary/aromatic N) is 2. The second-order valence-electron chi connectivity index (χ2n) is 5.13. The summed E-state index contributed by atoms with van der Waals surface area (Å²) in [6, 6.07) is 5.92. The van der Waals surface area contributed by atoms with Crippen LogP contribution in [0.4, 0.5) is 9.18 Å². The number of urea groups is 1. The number of amides is 2. The van der Waals surface area contributed by atoms with E-state index in [1.165, 1.54) is 12.1 Å². The fourth-order valence-electron chi connectivity index (χ4n) is 2.44. The van der Waals surface area contributed by atoms with Crippen LogP contribution >= 0.6 is 0 Å². The standard InChI is InChI=1S/C15H16FN3O2/c1-10-13-6-7-19(9-14(13)21-18-10)15(20)17-8-11-2-4-12(16)5-3-11/h2-5H,6-9H2,1H3,(H,17,20). The van der Waals surface area contributed by atoms with Crippen LogP contribution in [0, 0.1) is 12.7 Å². The number of rotatable bonds is 2. The van der Waals surface area contributed by atoms with E-state index in [1.807, 2.05) is 6.92 Å². The minimum atomic E-state index is -0.283. The average Bonchev–Trinajstić information content (AvgIpc) is 2.87. The Hall–Kier alpha value is -2.37. The monoisotopic (exact) mass is 289 g/mol. The van der Waals surface area contributed by atoms with Crippen molar-refractivity contribution in [1.82, 2.24) is 15.4 Å². The largest absolute Gasteiger partial charge is 0.359 e. The van der Waals surface area contributed by atoms with Gasteiger partial charge in [-0.2, -0.15) is 0 Å². The predicted octanol–water partition coefficient (Wildman–Crippen LogP) is 2.39. The molecule has 1 aromatic heterocycles. The maximum absolute atomic E-state index is 12.8. The Balaban J connectivity index is 1.58. The fraction of sp³-hybridized carbons (Fsp3) is 0.333. The molecule has 0 fully saturated rings. The molecule has 0 aliphatic carbocycles. The smallest absolute Gasteiger partial charge is 0.318 e. The third-order valence-corrected chi connectivity index (χ3v) is 3.68. The molecule has 0 atom stereocenters. The van der Waals surface area contributed by atoms with Gasteiger partial charge in [0.25, 0.3) is 0 Å². The lowest BCUT2D eigenvalue weighted by Gasteiger charge is -2.25. The molecule has 21 heavy (non-hydrogen) atoms. The third kappa shape index (κ3) is 2.89. The number of hydrogen-bond donors (Lipinski definition) is 1. The molecule has 1 aliphatic rings. The van der Waals surface area contributed by atoms with Gasteiger partial charge in [0, 0.05) is 18.7 Å². The highest BCUT2D eigenvalue weighted by atomic mass is 19.1. The Morgan fingerprint density at radius 3 is 2.95 bits per heavy atom. The number of nitrogens with one attached hydrogen (secondary N) is 1. The van der Waals surface area contributed by atoms with Crippen LogP contribution in [0.15, 0.2) is 28.8 Å². The fourth-order valence-corrected chi connectivity index (χ4v) is 2.44. The Morgan fingerprint density at radius 1 is 1.43 bits per heavy atom. The molecule has 0 saturated carbocycles. The zero-order valence-corrected chi connectivity index (χ0v) is 11.7. The molecule has 110 valence electrons.